The van der Waals surface area contributed by atoms with E-state index in [-0.39, 0.29) is 11.9 Å². The zero-order valence-electron chi connectivity index (χ0n) is 11.2. The summed E-state index contributed by atoms with van der Waals surface area (Å²) < 4.78 is 6.96. The number of carbonyl (C=O) groups excluding carboxylic acids is 1. The molecule has 2 heterocycles. The number of anilines is 1. The predicted molar refractivity (Wildman–Crippen MR) is 76.6 cm³/mol. The quantitative estimate of drug-likeness (QED) is 0.855. The molecule has 5 nitrogen and oxygen atoms in total. The number of amides is 1. The van der Waals surface area contributed by atoms with Gasteiger partial charge in [0.2, 0.25) is 0 Å². The summed E-state index contributed by atoms with van der Waals surface area (Å²) in [4.78, 5) is 14.2. The van der Waals surface area contributed by atoms with E-state index in [4.69, 9.17) is 16.3 Å². The van der Waals surface area contributed by atoms with Gasteiger partial charge in [-0.2, -0.15) is 5.10 Å². The predicted octanol–water partition coefficient (Wildman–Crippen LogP) is 2.77. The number of hydrogen-bond acceptors (Lipinski definition) is 3. The van der Waals surface area contributed by atoms with Crippen LogP contribution in [0.2, 0.25) is 5.02 Å². The minimum Gasteiger partial charge on any atom is -0.495 e. The fraction of sp³-hybridized carbons (Fsp3) is 0.286. The molecule has 0 saturated carbocycles. The largest absolute Gasteiger partial charge is 0.495 e. The smallest absolute Gasteiger partial charge is 0.276 e. The molecule has 1 amide bonds. The van der Waals surface area contributed by atoms with E-state index in [2.05, 4.69) is 5.10 Å². The Hall–Kier alpha value is -2.01. The molecule has 104 valence electrons. The number of carbonyl (C=O) groups is 1. The van der Waals surface area contributed by atoms with Gasteiger partial charge in [0.25, 0.3) is 5.91 Å². The van der Waals surface area contributed by atoms with Gasteiger partial charge in [0, 0.05) is 24.5 Å². The number of aromatic nitrogens is 2. The first-order valence-electron chi connectivity index (χ1n) is 6.30. The van der Waals surface area contributed by atoms with Crippen molar-refractivity contribution in [2.24, 2.45) is 0 Å². The van der Waals surface area contributed by atoms with Crippen molar-refractivity contribution < 1.29 is 9.53 Å². The first-order valence-corrected chi connectivity index (χ1v) is 6.68. The van der Waals surface area contributed by atoms with Crippen molar-refractivity contribution in [2.45, 2.75) is 13.0 Å². The average molecular weight is 292 g/mol. The lowest BCUT2D eigenvalue weighted by Gasteiger charge is -2.32. The van der Waals surface area contributed by atoms with Crippen LogP contribution in [0, 0.1) is 0 Å². The lowest BCUT2D eigenvalue weighted by atomic mass is 10.1. The van der Waals surface area contributed by atoms with Crippen LogP contribution in [0.4, 0.5) is 5.69 Å². The summed E-state index contributed by atoms with van der Waals surface area (Å²) in [5.41, 5.74) is 1.37. The van der Waals surface area contributed by atoms with Gasteiger partial charge < -0.3 is 9.64 Å². The number of benzene rings is 1. The van der Waals surface area contributed by atoms with Gasteiger partial charge in [-0.15, -0.1) is 0 Å². The fourth-order valence-corrected chi connectivity index (χ4v) is 2.63. The van der Waals surface area contributed by atoms with Crippen LogP contribution in [0.15, 0.2) is 30.5 Å². The number of methoxy groups -OCH3 is 1. The SMILES string of the molecule is COc1cc(N2C[C@H](C)n3nccc3C2=O)ccc1Cl. The van der Waals surface area contributed by atoms with Crippen LogP contribution in [-0.4, -0.2) is 29.3 Å². The van der Waals surface area contributed by atoms with E-state index in [1.165, 1.54) is 0 Å². The second-order valence-electron chi connectivity index (χ2n) is 4.74. The molecule has 3 rings (SSSR count). The molecule has 0 aliphatic carbocycles. The lowest BCUT2D eigenvalue weighted by Crippen LogP contribution is -2.42. The van der Waals surface area contributed by atoms with Gasteiger partial charge in [0.1, 0.15) is 11.4 Å². The second kappa shape index (κ2) is 4.83. The summed E-state index contributed by atoms with van der Waals surface area (Å²) in [7, 11) is 1.56. The molecule has 0 spiro atoms. The Morgan fingerprint density at radius 1 is 1.40 bits per heavy atom. The monoisotopic (exact) mass is 291 g/mol. The lowest BCUT2D eigenvalue weighted by molar-refractivity contribution is 0.0953. The Morgan fingerprint density at radius 3 is 2.95 bits per heavy atom. The van der Waals surface area contributed by atoms with Gasteiger partial charge in [0.05, 0.1) is 18.2 Å². The molecule has 0 unspecified atom stereocenters. The topological polar surface area (TPSA) is 47.4 Å². The zero-order chi connectivity index (χ0) is 14.3. The fourth-order valence-electron chi connectivity index (χ4n) is 2.44. The van der Waals surface area contributed by atoms with E-state index in [1.54, 1.807) is 41.1 Å². The van der Waals surface area contributed by atoms with E-state index >= 15 is 0 Å². The number of fused-ring (bicyclic) bond motifs is 1. The maximum absolute atomic E-state index is 12.5. The maximum atomic E-state index is 12.5. The van der Waals surface area contributed by atoms with E-state index in [0.29, 0.717) is 23.0 Å². The van der Waals surface area contributed by atoms with E-state index in [0.717, 1.165) is 5.69 Å². The van der Waals surface area contributed by atoms with Gasteiger partial charge in [-0.1, -0.05) is 11.6 Å². The molecule has 1 atom stereocenters. The number of halogens is 1. The Bertz CT molecular complexity index is 668. The molecule has 0 fully saturated rings. The van der Waals surface area contributed by atoms with E-state index in [9.17, 15) is 4.79 Å². The molecule has 1 aromatic carbocycles. The van der Waals surface area contributed by atoms with Crippen molar-refractivity contribution in [1.82, 2.24) is 9.78 Å². The van der Waals surface area contributed by atoms with E-state index in [1.807, 2.05) is 13.0 Å². The van der Waals surface area contributed by atoms with Crippen LogP contribution >= 0.6 is 11.6 Å². The summed E-state index contributed by atoms with van der Waals surface area (Å²) >= 11 is 6.02. The average Bonchev–Trinajstić information content (AvgIpc) is 2.94. The zero-order valence-corrected chi connectivity index (χ0v) is 12.0. The third kappa shape index (κ3) is 1.94. The first-order chi connectivity index (χ1) is 9.61. The number of rotatable bonds is 2. The number of nitrogens with zero attached hydrogens (tertiary/aromatic N) is 3. The Labute approximate surface area is 121 Å². The highest BCUT2D eigenvalue weighted by Gasteiger charge is 2.30. The van der Waals surface area contributed by atoms with Crippen LogP contribution in [-0.2, 0) is 0 Å². The number of ether oxygens (including phenoxy) is 1. The summed E-state index contributed by atoms with van der Waals surface area (Å²) in [6.07, 6.45) is 1.65. The van der Waals surface area contributed by atoms with Crippen molar-refractivity contribution in [3.63, 3.8) is 0 Å². The molecular formula is C14H14ClN3O2. The minimum atomic E-state index is -0.0648. The highest BCUT2D eigenvalue weighted by atomic mass is 35.5. The van der Waals surface area contributed by atoms with Crippen molar-refractivity contribution >= 4 is 23.2 Å². The standard InChI is InChI=1S/C14H14ClN3O2/c1-9-8-17(14(19)12-5-6-16-18(9)12)10-3-4-11(15)13(7-10)20-2/h3-7,9H,8H2,1-2H3/t9-/m0/s1. The molecule has 6 heteroatoms. The number of hydrogen-bond donors (Lipinski definition) is 0. The molecule has 20 heavy (non-hydrogen) atoms. The summed E-state index contributed by atoms with van der Waals surface area (Å²) in [5, 5.41) is 4.71. The second-order valence-corrected chi connectivity index (χ2v) is 5.15. The molecule has 1 aliphatic rings. The molecule has 1 aromatic heterocycles. The molecular weight excluding hydrogens is 278 g/mol. The van der Waals surface area contributed by atoms with Crippen LogP contribution in [0.3, 0.4) is 0 Å². The third-order valence-corrected chi connectivity index (χ3v) is 3.76. The van der Waals surface area contributed by atoms with Crippen LogP contribution in [0.5, 0.6) is 5.75 Å². The molecule has 1 aliphatic heterocycles. The molecule has 2 aromatic rings. The van der Waals surface area contributed by atoms with Crippen LogP contribution in [0.1, 0.15) is 23.5 Å². The van der Waals surface area contributed by atoms with Gasteiger partial charge in [0.15, 0.2) is 0 Å². The molecule has 0 bridgehead atoms. The normalized spacial score (nSPS) is 18.1. The minimum absolute atomic E-state index is 0.0648. The van der Waals surface area contributed by atoms with Gasteiger partial charge in [-0.3, -0.25) is 9.48 Å². The molecule has 0 N–H and O–H groups in total. The Balaban J connectivity index is 2.02. The van der Waals surface area contributed by atoms with Crippen molar-refractivity contribution in [3.8, 4) is 5.75 Å². The van der Waals surface area contributed by atoms with Gasteiger partial charge in [-0.25, -0.2) is 0 Å². The van der Waals surface area contributed by atoms with E-state index < -0.39 is 0 Å². The third-order valence-electron chi connectivity index (χ3n) is 3.45. The Kier molecular flexibility index (Phi) is 3.14. The van der Waals surface area contributed by atoms with Crippen molar-refractivity contribution in [1.29, 1.82) is 0 Å². The van der Waals surface area contributed by atoms with Gasteiger partial charge >= 0.3 is 0 Å². The summed E-state index contributed by atoms with van der Waals surface area (Å²) in [6, 6.07) is 7.19. The Morgan fingerprint density at radius 2 is 2.20 bits per heavy atom. The molecule has 0 radical (unpaired) electrons. The van der Waals surface area contributed by atoms with Crippen LogP contribution < -0.4 is 9.64 Å². The molecule has 0 saturated heterocycles. The van der Waals surface area contributed by atoms with Crippen LogP contribution in [0.25, 0.3) is 0 Å². The highest BCUT2D eigenvalue weighted by molar-refractivity contribution is 6.32. The summed E-state index contributed by atoms with van der Waals surface area (Å²) in [5.74, 6) is 0.494. The van der Waals surface area contributed by atoms with Gasteiger partial charge in [-0.05, 0) is 25.1 Å². The first kappa shape index (κ1) is 13.0. The summed E-state index contributed by atoms with van der Waals surface area (Å²) in [6.45, 7) is 2.60. The highest BCUT2D eigenvalue weighted by Crippen LogP contribution is 2.32. The maximum Gasteiger partial charge on any atom is 0.276 e. The van der Waals surface area contributed by atoms with Crippen molar-refractivity contribution in [3.05, 3.63) is 41.2 Å². The van der Waals surface area contributed by atoms with Crippen molar-refractivity contribution in [2.75, 3.05) is 18.6 Å².